The van der Waals surface area contributed by atoms with Crippen LogP contribution in [0.25, 0.3) is 0 Å². The van der Waals surface area contributed by atoms with E-state index in [1.807, 2.05) is 36.4 Å². The molecule has 0 N–H and O–H groups in total. The standard InChI is InChI=1S/C19H20O2S/c1-2-3-6-15-19(16-17-11-7-4-8-12-17)22(20,21)18-13-9-5-10-14-18/h1,4-5,7-14,19H,3,6,15-16H2. The third-order valence-electron chi connectivity index (χ3n) is 3.66. The van der Waals surface area contributed by atoms with Crippen molar-refractivity contribution < 1.29 is 8.42 Å². The molecule has 0 heterocycles. The molecule has 0 saturated heterocycles. The van der Waals surface area contributed by atoms with Crippen molar-refractivity contribution in [2.24, 2.45) is 0 Å². The highest BCUT2D eigenvalue weighted by Crippen LogP contribution is 2.23. The number of unbranched alkanes of at least 4 members (excludes halogenated alkanes) is 1. The van der Waals surface area contributed by atoms with Gasteiger partial charge in [-0.2, -0.15) is 0 Å². The summed E-state index contributed by atoms with van der Waals surface area (Å²) < 4.78 is 25.8. The Balaban J connectivity index is 2.25. The van der Waals surface area contributed by atoms with Gasteiger partial charge in [0.25, 0.3) is 0 Å². The molecule has 0 fully saturated rings. The van der Waals surface area contributed by atoms with Crippen LogP contribution < -0.4 is 0 Å². The van der Waals surface area contributed by atoms with E-state index in [-0.39, 0.29) is 0 Å². The normalized spacial score (nSPS) is 12.5. The quantitative estimate of drug-likeness (QED) is 0.574. The van der Waals surface area contributed by atoms with Crippen molar-refractivity contribution in [3.63, 3.8) is 0 Å². The Morgan fingerprint density at radius 1 is 0.955 bits per heavy atom. The number of rotatable bonds is 7. The molecule has 22 heavy (non-hydrogen) atoms. The van der Waals surface area contributed by atoms with Gasteiger partial charge in [-0.15, -0.1) is 12.3 Å². The van der Waals surface area contributed by atoms with E-state index in [1.54, 1.807) is 24.3 Å². The number of hydrogen-bond acceptors (Lipinski definition) is 2. The molecule has 3 heteroatoms. The first-order valence-corrected chi connectivity index (χ1v) is 8.95. The fourth-order valence-electron chi connectivity index (χ4n) is 2.48. The van der Waals surface area contributed by atoms with Crippen LogP contribution in [0.4, 0.5) is 0 Å². The Bertz CT molecular complexity index is 713. The summed E-state index contributed by atoms with van der Waals surface area (Å²) in [5, 5.41) is -0.439. The van der Waals surface area contributed by atoms with E-state index in [1.165, 1.54) is 0 Å². The average molecular weight is 312 g/mol. The molecule has 1 atom stereocenters. The van der Waals surface area contributed by atoms with Crippen LogP contribution in [-0.4, -0.2) is 13.7 Å². The van der Waals surface area contributed by atoms with E-state index in [2.05, 4.69) is 5.92 Å². The summed E-state index contributed by atoms with van der Waals surface area (Å²) in [5.74, 6) is 2.58. The maximum Gasteiger partial charge on any atom is 0.181 e. The van der Waals surface area contributed by atoms with Crippen LogP contribution in [0.15, 0.2) is 65.6 Å². The minimum Gasteiger partial charge on any atom is -0.223 e. The molecule has 0 aliphatic rings. The summed E-state index contributed by atoms with van der Waals surface area (Å²) in [7, 11) is -3.35. The molecule has 2 rings (SSSR count). The van der Waals surface area contributed by atoms with Crippen LogP contribution >= 0.6 is 0 Å². The van der Waals surface area contributed by atoms with Gasteiger partial charge in [0.1, 0.15) is 0 Å². The summed E-state index contributed by atoms with van der Waals surface area (Å²) in [6.45, 7) is 0. The lowest BCUT2D eigenvalue weighted by molar-refractivity contribution is 0.564. The van der Waals surface area contributed by atoms with Gasteiger partial charge < -0.3 is 0 Å². The van der Waals surface area contributed by atoms with Gasteiger partial charge in [-0.1, -0.05) is 48.5 Å². The summed E-state index contributed by atoms with van der Waals surface area (Å²) in [5.41, 5.74) is 1.03. The summed E-state index contributed by atoms with van der Waals surface area (Å²) >= 11 is 0. The second kappa shape index (κ2) is 7.82. The Labute approximate surface area is 133 Å². The Kier molecular flexibility index (Phi) is 5.80. The molecular formula is C19H20O2S. The minimum absolute atomic E-state index is 0.386. The molecule has 0 bridgehead atoms. The van der Waals surface area contributed by atoms with E-state index in [4.69, 9.17) is 6.42 Å². The van der Waals surface area contributed by atoms with Crippen molar-refractivity contribution in [3.05, 3.63) is 66.2 Å². The van der Waals surface area contributed by atoms with Crippen molar-refractivity contribution in [1.82, 2.24) is 0 Å². The molecule has 2 aromatic carbocycles. The first-order chi connectivity index (χ1) is 10.6. The van der Waals surface area contributed by atoms with Crippen molar-refractivity contribution in [3.8, 4) is 12.3 Å². The molecule has 0 aromatic heterocycles. The fraction of sp³-hybridized carbons (Fsp3) is 0.263. The van der Waals surface area contributed by atoms with Gasteiger partial charge in [0.05, 0.1) is 10.1 Å². The first kappa shape index (κ1) is 16.3. The summed E-state index contributed by atoms with van der Waals surface area (Å²) in [6, 6.07) is 18.4. The van der Waals surface area contributed by atoms with E-state index in [9.17, 15) is 8.42 Å². The molecule has 0 spiro atoms. The topological polar surface area (TPSA) is 34.1 Å². The van der Waals surface area contributed by atoms with Crippen LogP contribution in [0.2, 0.25) is 0 Å². The van der Waals surface area contributed by atoms with Gasteiger partial charge in [0, 0.05) is 6.42 Å². The molecule has 2 nitrogen and oxygen atoms in total. The second-order valence-electron chi connectivity index (χ2n) is 5.27. The van der Waals surface area contributed by atoms with Gasteiger partial charge in [0.2, 0.25) is 0 Å². The zero-order valence-electron chi connectivity index (χ0n) is 12.5. The maximum absolute atomic E-state index is 12.9. The molecule has 1 unspecified atom stereocenters. The molecular weight excluding hydrogens is 292 g/mol. The van der Waals surface area contributed by atoms with Crippen molar-refractivity contribution in [2.45, 2.75) is 35.8 Å². The molecule has 0 saturated carbocycles. The van der Waals surface area contributed by atoms with Crippen molar-refractivity contribution >= 4 is 9.84 Å². The lowest BCUT2D eigenvalue weighted by atomic mass is 10.1. The highest BCUT2D eigenvalue weighted by molar-refractivity contribution is 7.92. The Morgan fingerprint density at radius 2 is 1.55 bits per heavy atom. The van der Waals surface area contributed by atoms with Gasteiger partial charge in [-0.3, -0.25) is 0 Å². The van der Waals surface area contributed by atoms with Gasteiger partial charge in [-0.05, 0) is 37.0 Å². The molecule has 114 valence electrons. The predicted molar refractivity (Wildman–Crippen MR) is 90.2 cm³/mol. The number of sulfone groups is 1. The van der Waals surface area contributed by atoms with Crippen LogP contribution in [-0.2, 0) is 16.3 Å². The summed E-state index contributed by atoms with van der Waals surface area (Å²) in [4.78, 5) is 0.386. The monoisotopic (exact) mass is 312 g/mol. The highest BCUT2D eigenvalue weighted by atomic mass is 32.2. The van der Waals surface area contributed by atoms with E-state index in [0.29, 0.717) is 24.2 Å². The van der Waals surface area contributed by atoms with Gasteiger partial charge in [-0.25, -0.2) is 8.42 Å². The number of terminal acetylenes is 1. The van der Waals surface area contributed by atoms with Gasteiger partial charge >= 0.3 is 0 Å². The minimum atomic E-state index is -3.35. The third kappa shape index (κ3) is 4.22. The van der Waals surface area contributed by atoms with Crippen LogP contribution in [0.5, 0.6) is 0 Å². The molecule has 0 aliphatic heterocycles. The Morgan fingerprint density at radius 3 is 2.14 bits per heavy atom. The maximum atomic E-state index is 12.9. The van der Waals surface area contributed by atoms with Crippen molar-refractivity contribution in [1.29, 1.82) is 0 Å². The fourth-order valence-corrected chi connectivity index (χ4v) is 4.29. The Hall–Kier alpha value is -2.05. The van der Waals surface area contributed by atoms with Crippen LogP contribution in [0.1, 0.15) is 24.8 Å². The van der Waals surface area contributed by atoms with E-state index < -0.39 is 15.1 Å². The number of hydrogen-bond donors (Lipinski definition) is 0. The second-order valence-corrected chi connectivity index (χ2v) is 7.49. The molecule has 2 aromatic rings. The number of benzene rings is 2. The van der Waals surface area contributed by atoms with Crippen LogP contribution in [0, 0.1) is 12.3 Å². The van der Waals surface area contributed by atoms with Crippen LogP contribution in [0.3, 0.4) is 0 Å². The first-order valence-electron chi connectivity index (χ1n) is 7.41. The SMILES string of the molecule is C#CCCCC(Cc1ccccc1)S(=O)(=O)c1ccccc1. The lowest BCUT2D eigenvalue weighted by Gasteiger charge is -2.17. The zero-order valence-corrected chi connectivity index (χ0v) is 13.3. The molecule has 0 amide bonds. The summed E-state index contributed by atoms with van der Waals surface area (Å²) in [6.07, 6.45) is 7.71. The smallest absolute Gasteiger partial charge is 0.181 e. The predicted octanol–water partition coefficient (Wildman–Crippen LogP) is 3.88. The van der Waals surface area contributed by atoms with E-state index in [0.717, 1.165) is 12.0 Å². The van der Waals surface area contributed by atoms with Gasteiger partial charge in [0.15, 0.2) is 9.84 Å². The van der Waals surface area contributed by atoms with Crippen molar-refractivity contribution in [2.75, 3.05) is 0 Å². The average Bonchev–Trinajstić information content (AvgIpc) is 2.56. The molecule has 0 radical (unpaired) electrons. The largest absolute Gasteiger partial charge is 0.223 e. The highest BCUT2D eigenvalue weighted by Gasteiger charge is 2.27. The van der Waals surface area contributed by atoms with E-state index >= 15 is 0 Å². The molecule has 0 aliphatic carbocycles. The third-order valence-corrected chi connectivity index (χ3v) is 5.87. The lowest BCUT2D eigenvalue weighted by Crippen LogP contribution is -2.24. The zero-order chi connectivity index (χ0) is 15.8.